The van der Waals surface area contributed by atoms with E-state index in [1.165, 1.54) is 36.0 Å². The van der Waals surface area contributed by atoms with E-state index in [2.05, 4.69) is 28.6 Å². The number of rotatable bonds is 15. The third-order valence-electron chi connectivity index (χ3n) is 4.81. The molecule has 0 heterocycles. The van der Waals surface area contributed by atoms with Crippen molar-refractivity contribution >= 4 is 54.0 Å². The Morgan fingerprint density at radius 2 is 1.51 bits per heavy atom. The van der Waals surface area contributed by atoms with Gasteiger partial charge in [0.25, 0.3) is 0 Å². The van der Waals surface area contributed by atoms with Crippen molar-refractivity contribution in [1.82, 2.24) is 16.0 Å². The van der Waals surface area contributed by atoms with Gasteiger partial charge >= 0.3 is 5.97 Å². The predicted octanol–water partition coefficient (Wildman–Crippen LogP) is -1.64. The number of carbonyl (C=O) groups excluding carboxylic acids is 4. The number of nitrogens with two attached hydrogens (primary N) is 2. The topological polar surface area (TPSA) is 214 Å². The Morgan fingerprint density at radius 1 is 0.971 bits per heavy atom. The Hall–Kier alpha value is -2.97. The smallest absolute Gasteiger partial charge is 0.326 e. The number of phenolic OH excluding ortho intramolecular Hbond substituents is 1. The summed E-state index contributed by atoms with van der Waals surface area (Å²) in [4.78, 5) is 60.5. The van der Waals surface area contributed by atoms with Crippen LogP contribution in [0.1, 0.15) is 18.4 Å². The summed E-state index contributed by atoms with van der Waals surface area (Å²) in [5.41, 5.74) is 11.2. The average molecular weight is 530 g/mol. The molecule has 0 aliphatic rings. The fraction of sp³-hybridized carbons (Fsp3) is 0.476. The molecule has 0 saturated carbocycles. The minimum absolute atomic E-state index is 0.0194. The number of aliphatic carboxylic acids is 1. The number of carboxylic acids is 1. The second kappa shape index (κ2) is 15.1. The molecule has 0 aliphatic heterocycles. The van der Waals surface area contributed by atoms with Crippen molar-refractivity contribution in [1.29, 1.82) is 0 Å². The van der Waals surface area contributed by atoms with Gasteiger partial charge in [-0.25, -0.2) is 4.79 Å². The van der Waals surface area contributed by atoms with Crippen LogP contribution in [0.3, 0.4) is 0 Å². The molecule has 0 saturated heterocycles. The highest BCUT2D eigenvalue weighted by Gasteiger charge is 2.30. The molecule has 1 aromatic carbocycles. The number of aromatic hydroxyl groups is 1. The molecule has 4 atom stereocenters. The molecule has 0 radical (unpaired) electrons. The Kier molecular flexibility index (Phi) is 13.0. The maximum atomic E-state index is 12.9. The molecule has 0 aliphatic carbocycles. The van der Waals surface area contributed by atoms with Gasteiger partial charge in [0.1, 0.15) is 23.9 Å². The zero-order chi connectivity index (χ0) is 26.5. The van der Waals surface area contributed by atoms with Gasteiger partial charge < -0.3 is 37.6 Å². The van der Waals surface area contributed by atoms with Crippen molar-refractivity contribution in [3.05, 3.63) is 29.8 Å². The van der Waals surface area contributed by atoms with Crippen LogP contribution >= 0.6 is 24.4 Å². The third kappa shape index (κ3) is 10.9. The highest BCUT2D eigenvalue weighted by Crippen LogP contribution is 2.12. The largest absolute Gasteiger partial charge is 0.508 e. The second-order valence-corrected chi connectivity index (χ2v) is 8.98. The maximum absolute atomic E-state index is 12.9. The Balaban J connectivity index is 2.89. The number of hydrogen-bond acceptors (Lipinski definition) is 9. The number of benzene rings is 1. The molecule has 4 amide bonds. The van der Waals surface area contributed by atoms with Gasteiger partial charge in [0, 0.05) is 12.2 Å². The van der Waals surface area contributed by atoms with Crippen molar-refractivity contribution in [3.8, 4) is 5.75 Å². The van der Waals surface area contributed by atoms with Crippen LogP contribution in [0.4, 0.5) is 0 Å². The van der Waals surface area contributed by atoms with Crippen LogP contribution < -0.4 is 27.4 Å². The van der Waals surface area contributed by atoms with Crippen LogP contribution in [0.5, 0.6) is 5.75 Å². The van der Waals surface area contributed by atoms with Crippen molar-refractivity contribution < 1.29 is 34.2 Å². The molecule has 0 bridgehead atoms. The van der Waals surface area contributed by atoms with Gasteiger partial charge in [0.05, 0.1) is 12.5 Å². The molecule has 12 nitrogen and oxygen atoms in total. The van der Waals surface area contributed by atoms with E-state index in [0.717, 1.165) is 0 Å². The number of thioether (sulfide) groups is 1. The molecule has 9 N–H and O–H groups in total. The molecule has 4 unspecified atom stereocenters. The standard InChI is InChI=1S/C21H31N5O7S2/c1-35-7-6-14(24-20(31)16(10-34)26-18(29)13(22)9-17(23)28)19(30)25-15(21(32)33)8-11-2-4-12(27)5-3-11/h2-5,13-16,27,34H,6-10,22H2,1H3,(H2,23,28)(H,24,31)(H,25,30)(H,26,29)(H,32,33). The molecule has 0 fully saturated rings. The van der Waals surface area contributed by atoms with Gasteiger partial charge in [-0.15, -0.1) is 0 Å². The third-order valence-corrected chi connectivity index (χ3v) is 5.82. The Bertz CT molecular complexity index is 901. The lowest BCUT2D eigenvalue weighted by Crippen LogP contribution is -2.58. The number of amides is 4. The van der Waals surface area contributed by atoms with E-state index in [9.17, 15) is 34.2 Å². The number of primary amides is 1. The summed E-state index contributed by atoms with van der Waals surface area (Å²) in [5, 5.41) is 26.2. The van der Waals surface area contributed by atoms with E-state index in [1.807, 2.05) is 0 Å². The molecular weight excluding hydrogens is 498 g/mol. The van der Waals surface area contributed by atoms with Crippen molar-refractivity contribution in [2.45, 2.75) is 43.4 Å². The minimum atomic E-state index is -1.28. The summed E-state index contributed by atoms with van der Waals surface area (Å²) in [6.07, 6.45) is 1.54. The lowest BCUT2D eigenvalue weighted by atomic mass is 10.0. The molecule has 14 heteroatoms. The first kappa shape index (κ1) is 30.1. The fourth-order valence-corrected chi connectivity index (χ4v) is 3.63. The summed E-state index contributed by atoms with van der Waals surface area (Å²) < 4.78 is 0. The molecule has 1 aromatic rings. The van der Waals surface area contributed by atoms with Crippen LogP contribution in [-0.4, -0.2) is 81.7 Å². The fourth-order valence-electron chi connectivity index (χ4n) is 2.90. The van der Waals surface area contributed by atoms with E-state index < -0.39 is 60.2 Å². The first-order valence-electron chi connectivity index (χ1n) is 10.5. The molecule has 0 aromatic heterocycles. The van der Waals surface area contributed by atoms with Gasteiger partial charge in [0.2, 0.25) is 23.6 Å². The van der Waals surface area contributed by atoms with Gasteiger partial charge in [-0.2, -0.15) is 24.4 Å². The van der Waals surface area contributed by atoms with Gasteiger partial charge in [-0.1, -0.05) is 12.1 Å². The summed E-state index contributed by atoms with van der Waals surface area (Å²) in [7, 11) is 0. The molecule has 1 rings (SSSR count). The molecule has 194 valence electrons. The van der Waals surface area contributed by atoms with Crippen LogP contribution in [0.15, 0.2) is 24.3 Å². The number of hydrogen-bond donors (Lipinski definition) is 8. The Labute approximate surface area is 212 Å². The van der Waals surface area contributed by atoms with Gasteiger partial charge in [-0.3, -0.25) is 19.2 Å². The van der Waals surface area contributed by atoms with Crippen molar-refractivity contribution in [3.63, 3.8) is 0 Å². The first-order chi connectivity index (χ1) is 16.5. The lowest BCUT2D eigenvalue weighted by molar-refractivity contribution is -0.142. The highest BCUT2D eigenvalue weighted by atomic mass is 32.2. The van der Waals surface area contributed by atoms with E-state index in [4.69, 9.17) is 11.5 Å². The van der Waals surface area contributed by atoms with Crippen molar-refractivity contribution in [2.24, 2.45) is 11.5 Å². The van der Waals surface area contributed by atoms with Crippen LogP contribution in [0, 0.1) is 0 Å². The number of carboxylic acid groups (broad SMARTS) is 1. The predicted molar refractivity (Wildman–Crippen MR) is 134 cm³/mol. The Morgan fingerprint density at radius 3 is 2.03 bits per heavy atom. The maximum Gasteiger partial charge on any atom is 0.326 e. The van der Waals surface area contributed by atoms with E-state index >= 15 is 0 Å². The summed E-state index contributed by atoms with van der Waals surface area (Å²) in [6, 6.07) is 1.08. The number of phenols is 1. The van der Waals surface area contributed by atoms with E-state index in [0.29, 0.717) is 11.3 Å². The zero-order valence-electron chi connectivity index (χ0n) is 19.1. The van der Waals surface area contributed by atoms with Crippen LogP contribution in [0.2, 0.25) is 0 Å². The number of thiol groups is 1. The zero-order valence-corrected chi connectivity index (χ0v) is 20.8. The van der Waals surface area contributed by atoms with E-state index in [1.54, 1.807) is 6.26 Å². The SMILES string of the molecule is CSCCC(NC(=O)C(CS)NC(=O)C(N)CC(N)=O)C(=O)NC(Cc1ccc(O)cc1)C(=O)O. The first-order valence-corrected chi connectivity index (χ1v) is 12.6. The van der Waals surface area contributed by atoms with Crippen LogP contribution in [0.25, 0.3) is 0 Å². The summed E-state index contributed by atoms with van der Waals surface area (Å²) >= 11 is 5.47. The highest BCUT2D eigenvalue weighted by molar-refractivity contribution is 7.98. The van der Waals surface area contributed by atoms with Crippen LogP contribution in [-0.2, 0) is 30.4 Å². The lowest BCUT2D eigenvalue weighted by Gasteiger charge is -2.24. The second-order valence-electron chi connectivity index (χ2n) is 7.63. The average Bonchev–Trinajstić information content (AvgIpc) is 2.79. The minimum Gasteiger partial charge on any atom is -0.508 e. The molecule has 35 heavy (non-hydrogen) atoms. The quantitative estimate of drug-likeness (QED) is 0.122. The number of carbonyl (C=O) groups is 5. The molecular formula is C21H31N5O7S2. The van der Waals surface area contributed by atoms with E-state index in [-0.39, 0.29) is 24.3 Å². The van der Waals surface area contributed by atoms with Gasteiger partial charge in [-0.05, 0) is 36.1 Å². The summed E-state index contributed by atoms with van der Waals surface area (Å²) in [6.45, 7) is 0. The van der Waals surface area contributed by atoms with Gasteiger partial charge in [0.15, 0.2) is 0 Å². The molecule has 0 spiro atoms. The monoisotopic (exact) mass is 529 g/mol. The normalized spacial score (nSPS) is 14.1. The number of nitrogens with one attached hydrogen (secondary N) is 3. The summed E-state index contributed by atoms with van der Waals surface area (Å²) in [5.74, 6) is -3.92. The van der Waals surface area contributed by atoms with Crippen molar-refractivity contribution in [2.75, 3.05) is 17.8 Å².